The number of hydrogen-bond donors (Lipinski definition) is 2. The number of aliphatic carboxylic acids is 1. The van der Waals surface area contributed by atoms with Gasteiger partial charge in [-0.05, 0) is 38.6 Å². The number of benzene rings is 1. The van der Waals surface area contributed by atoms with E-state index in [1.54, 1.807) is 6.07 Å². The highest BCUT2D eigenvalue weighted by Gasteiger charge is 2.12. The van der Waals surface area contributed by atoms with E-state index in [0.29, 0.717) is 18.5 Å². The largest absolute Gasteiger partial charge is 0.507 e. The minimum absolute atomic E-state index is 0.0397. The third-order valence-electron chi connectivity index (χ3n) is 2.68. The highest BCUT2D eigenvalue weighted by atomic mass is 16.4. The molecule has 2 N–H and O–H groups in total. The predicted molar refractivity (Wildman–Crippen MR) is 66.2 cm³/mol. The van der Waals surface area contributed by atoms with Crippen LogP contribution in [-0.2, 0) is 17.8 Å². The van der Waals surface area contributed by atoms with Crippen LogP contribution < -0.4 is 0 Å². The van der Waals surface area contributed by atoms with E-state index in [2.05, 4.69) is 0 Å². The van der Waals surface area contributed by atoms with Crippen LogP contribution in [0.25, 0.3) is 0 Å². The number of carbonyl (C=O) groups is 1. The number of carboxylic acids is 1. The van der Waals surface area contributed by atoms with E-state index in [1.807, 2.05) is 32.0 Å². The number of phenols is 1. The van der Waals surface area contributed by atoms with Gasteiger partial charge in [0.2, 0.25) is 0 Å². The molecule has 1 aromatic rings. The highest BCUT2D eigenvalue weighted by Crippen LogP contribution is 2.27. The van der Waals surface area contributed by atoms with Crippen LogP contribution in [0.4, 0.5) is 0 Å². The monoisotopic (exact) mass is 237 g/mol. The first-order valence-corrected chi connectivity index (χ1v) is 5.58. The molecule has 4 heteroatoms. The SMILES string of the molecule is Cc1ccc(CCC(=O)O)c(O)c1CN(C)C. The summed E-state index contributed by atoms with van der Waals surface area (Å²) in [4.78, 5) is 12.5. The van der Waals surface area contributed by atoms with Crippen LogP contribution in [0.2, 0.25) is 0 Å². The maximum absolute atomic E-state index is 10.5. The summed E-state index contributed by atoms with van der Waals surface area (Å²) in [5, 5.41) is 18.8. The van der Waals surface area contributed by atoms with Crippen molar-refractivity contribution in [3.63, 3.8) is 0 Å². The molecule has 1 rings (SSSR count). The second kappa shape index (κ2) is 5.68. The zero-order valence-corrected chi connectivity index (χ0v) is 10.5. The minimum Gasteiger partial charge on any atom is -0.507 e. The van der Waals surface area contributed by atoms with Gasteiger partial charge in [0.25, 0.3) is 0 Å². The molecule has 1 aromatic carbocycles. The smallest absolute Gasteiger partial charge is 0.303 e. The highest BCUT2D eigenvalue weighted by molar-refractivity contribution is 5.67. The van der Waals surface area contributed by atoms with Gasteiger partial charge in [-0.2, -0.15) is 0 Å². The number of phenolic OH excluding ortho intramolecular Hbond substituents is 1. The molecule has 0 amide bonds. The van der Waals surface area contributed by atoms with Gasteiger partial charge < -0.3 is 15.1 Å². The third-order valence-corrected chi connectivity index (χ3v) is 2.68. The van der Waals surface area contributed by atoms with Crippen molar-refractivity contribution < 1.29 is 15.0 Å². The van der Waals surface area contributed by atoms with Gasteiger partial charge >= 0.3 is 5.97 Å². The van der Waals surface area contributed by atoms with Crippen LogP contribution in [-0.4, -0.2) is 35.2 Å². The Kier molecular flexibility index (Phi) is 4.52. The first kappa shape index (κ1) is 13.5. The molecule has 0 saturated carbocycles. The van der Waals surface area contributed by atoms with Crippen LogP contribution >= 0.6 is 0 Å². The molecule has 0 heterocycles. The van der Waals surface area contributed by atoms with E-state index < -0.39 is 5.97 Å². The zero-order chi connectivity index (χ0) is 13.0. The Morgan fingerprint density at radius 1 is 1.35 bits per heavy atom. The molecular formula is C13H19NO3. The molecule has 0 aromatic heterocycles. The average Bonchev–Trinajstić information content (AvgIpc) is 2.22. The predicted octanol–water partition coefficient (Wildman–Crippen LogP) is 1.78. The van der Waals surface area contributed by atoms with Gasteiger partial charge in [-0.3, -0.25) is 4.79 Å². The quantitative estimate of drug-likeness (QED) is 0.819. The van der Waals surface area contributed by atoms with Gasteiger partial charge in [-0.25, -0.2) is 0 Å². The lowest BCUT2D eigenvalue weighted by atomic mass is 10.00. The van der Waals surface area contributed by atoms with E-state index in [0.717, 1.165) is 11.1 Å². The summed E-state index contributed by atoms with van der Waals surface area (Å²) >= 11 is 0. The fourth-order valence-electron chi connectivity index (χ4n) is 1.74. The van der Waals surface area contributed by atoms with Crippen molar-refractivity contribution in [1.82, 2.24) is 4.90 Å². The summed E-state index contributed by atoms with van der Waals surface area (Å²) in [6.45, 7) is 2.60. The summed E-state index contributed by atoms with van der Waals surface area (Å²) < 4.78 is 0. The van der Waals surface area contributed by atoms with E-state index in [-0.39, 0.29) is 12.2 Å². The van der Waals surface area contributed by atoms with Gasteiger partial charge in [-0.15, -0.1) is 0 Å². The van der Waals surface area contributed by atoms with Crippen molar-refractivity contribution in [1.29, 1.82) is 0 Å². The van der Waals surface area contributed by atoms with Crippen LogP contribution in [0.3, 0.4) is 0 Å². The second-order valence-electron chi connectivity index (χ2n) is 4.50. The molecule has 94 valence electrons. The fourth-order valence-corrected chi connectivity index (χ4v) is 1.74. The molecule has 0 spiro atoms. The molecule has 0 aliphatic carbocycles. The molecule has 0 fully saturated rings. The minimum atomic E-state index is -0.848. The number of hydrogen-bond acceptors (Lipinski definition) is 3. The van der Waals surface area contributed by atoms with Crippen molar-refractivity contribution in [3.05, 3.63) is 28.8 Å². The van der Waals surface area contributed by atoms with Crippen LogP contribution in [0.15, 0.2) is 12.1 Å². The molecule has 0 atom stereocenters. The molecular weight excluding hydrogens is 218 g/mol. The molecule has 0 saturated heterocycles. The van der Waals surface area contributed by atoms with Crippen molar-refractivity contribution in [2.24, 2.45) is 0 Å². The van der Waals surface area contributed by atoms with Gasteiger partial charge in [0.05, 0.1) is 0 Å². The maximum Gasteiger partial charge on any atom is 0.303 e. The molecule has 0 radical (unpaired) electrons. The summed E-state index contributed by atoms with van der Waals surface area (Å²) in [5.41, 5.74) is 2.60. The second-order valence-corrected chi connectivity index (χ2v) is 4.50. The lowest BCUT2D eigenvalue weighted by Crippen LogP contribution is -2.12. The van der Waals surface area contributed by atoms with Crippen molar-refractivity contribution in [2.45, 2.75) is 26.3 Å². The first-order chi connectivity index (χ1) is 7.91. The van der Waals surface area contributed by atoms with Crippen molar-refractivity contribution in [2.75, 3.05) is 14.1 Å². The van der Waals surface area contributed by atoms with E-state index in [1.165, 1.54) is 0 Å². The summed E-state index contributed by atoms with van der Waals surface area (Å²) in [6, 6.07) is 3.72. The lowest BCUT2D eigenvalue weighted by Gasteiger charge is -2.16. The standard InChI is InChI=1S/C13H19NO3/c1-9-4-5-10(6-7-12(15)16)13(17)11(9)8-14(2)3/h4-5,17H,6-8H2,1-3H3,(H,15,16). The Bertz CT molecular complexity index is 413. The Labute approximate surface area is 101 Å². The normalized spacial score (nSPS) is 10.8. The van der Waals surface area contributed by atoms with Gasteiger partial charge in [-0.1, -0.05) is 12.1 Å². The van der Waals surface area contributed by atoms with Crippen LogP contribution in [0, 0.1) is 6.92 Å². The number of carboxylic acid groups (broad SMARTS) is 1. The van der Waals surface area contributed by atoms with Gasteiger partial charge in [0, 0.05) is 18.5 Å². The van der Waals surface area contributed by atoms with E-state index in [4.69, 9.17) is 5.11 Å². The fraction of sp³-hybridized carbons (Fsp3) is 0.462. The van der Waals surface area contributed by atoms with Crippen LogP contribution in [0.1, 0.15) is 23.1 Å². The third kappa shape index (κ3) is 3.75. The summed E-state index contributed by atoms with van der Waals surface area (Å²) in [7, 11) is 3.87. The molecule has 17 heavy (non-hydrogen) atoms. The molecule has 0 aliphatic rings. The summed E-state index contributed by atoms with van der Waals surface area (Å²) in [5.74, 6) is -0.612. The van der Waals surface area contributed by atoms with Gasteiger partial charge in [0.1, 0.15) is 5.75 Å². The zero-order valence-electron chi connectivity index (χ0n) is 10.5. The Hall–Kier alpha value is -1.55. The van der Waals surface area contributed by atoms with E-state index >= 15 is 0 Å². The topological polar surface area (TPSA) is 60.8 Å². The molecule has 0 bridgehead atoms. The molecule has 4 nitrogen and oxygen atoms in total. The van der Waals surface area contributed by atoms with Crippen molar-refractivity contribution in [3.8, 4) is 5.75 Å². The van der Waals surface area contributed by atoms with Gasteiger partial charge in [0.15, 0.2) is 0 Å². The Morgan fingerprint density at radius 2 is 2.00 bits per heavy atom. The number of aryl methyl sites for hydroxylation is 2. The number of nitrogens with zero attached hydrogens (tertiary/aromatic N) is 1. The van der Waals surface area contributed by atoms with Crippen molar-refractivity contribution >= 4 is 5.97 Å². The molecule has 0 unspecified atom stereocenters. The van der Waals surface area contributed by atoms with E-state index in [9.17, 15) is 9.90 Å². The maximum atomic E-state index is 10.5. The number of rotatable bonds is 5. The lowest BCUT2D eigenvalue weighted by molar-refractivity contribution is -0.136. The summed E-state index contributed by atoms with van der Waals surface area (Å²) in [6.07, 6.45) is 0.403. The first-order valence-electron chi connectivity index (χ1n) is 5.58. The average molecular weight is 237 g/mol. The van der Waals surface area contributed by atoms with Crippen LogP contribution in [0.5, 0.6) is 5.75 Å². The Morgan fingerprint density at radius 3 is 2.53 bits per heavy atom. The molecule has 0 aliphatic heterocycles. The Balaban J connectivity index is 2.97. The number of aromatic hydroxyl groups is 1.